The third-order valence-electron chi connectivity index (χ3n) is 6.20. The lowest BCUT2D eigenvalue weighted by Gasteiger charge is -2.49. The van der Waals surface area contributed by atoms with E-state index in [-0.39, 0.29) is 37.1 Å². The normalized spacial score (nSPS) is 19.5. The van der Waals surface area contributed by atoms with Crippen molar-refractivity contribution in [3.63, 3.8) is 0 Å². The van der Waals surface area contributed by atoms with Gasteiger partial charge in [0.25, 0.3) is 11.8 Å². The first-order valence-corrected chi connectivity index (χ1v) is 10.7. The molecule has 1 saturated heterocycles. The first-order chi connectivity index (χ1) is 15.5. The van der Waals surface area contributed by atoms with Gasteiger partial charge >= 0.3 is 0 Å². The number of carbonyl (C=O) groups excluding carboxylic acids is 3. The molecule has 2 aliphatic heterocycles. The monoisotopic (exact) mass is 425 g/mol. The smallest absolute Gasteiger partial charge is 0.271 e. The van der Waals surface area contributed by atoms with Crippen molar-refractivity contribution in [3.8, 4) is 0 Å². The van der Waals surface area contributed by atoms with Gasteiger partial charge in [-0.1, -0.05) is 54.6 Å². The van der Waals surface area contributed by atoms with Gasteiger partial charge in [-0.25, -0.2) is 0 Å². The first-order valence-electron chi connectivity index (χ1n) is 10.7. The van der Waals surface area contributed by atoms with E-state index in [1.807, 2.05) is 61.5 Å². The van der Waals surface area contributed by atoms with Crippen LogP contribution in [0, 0.1) is 6.92 Å². The van der Waals surface area contributed by atoms with Crippen molar-refractivity contribution >= 4 is 29.1 Å². The summed E-state index contributed by atoms with van der Waals surface area (Å²) in [7, 11) is 0. The van der Waals surface area contributed by atoms with Crippen molar-refractivity contribution in [1.29, 1.82) is 0 Å². The molecule has 1 fully saturated rings. The minimum Gasteiger partial charge on any atom is -0.322 e. The van der Waals surface area contributed by atoms with Crippen molar-refractivity contribution in [2.24, 2.45) is 0 Å². The summed E-state index contributed by atoms with van der Waals surface area (Å²) in [5.74, 6) is -0.801. The van der Waals surface area contributed by atoms with E-state index in [9.17, 15) is 14.4 Å². The molecule has 2 aliphatic rings. The second-order valence-corrected chi connectivity index (χ2v) is 8.26. The molecule has 160 valence electrons. The lowest BCUT2D eigenvalue weighted by atomic mass is 9.94. The van der Waals surface area contributed by atoms with Gasteiger partial charge in [-0.15, -0.1) is 0 Å². The van der Waals surface area contributed by atoms with E-state index < -0.39 is 5.66 Å². The fourth-order valence-electron chi connectivity index (χ4n) is 4.72. The number of nitrogens with one attached hydrogen (secondary N) is 1. The lowest BCUT2D eigenvalue weighted by molar-refractivity contribution is -0.129. The largest absolute Gasteiger partial charge is 0.322 e. The number of hydrogen-bond acceptors (Lipinski definition) is 3. The molecular formula is C26H23N3O3. The number of fused-ring (bicyclic) bond motifs is 3. The van der Waals surface area contributed by atoms with E-state index in [0.717, 1.165) is 11.1 Å². The fourth-order valence-corrected chi connectivity index (χ4v) is 4.72. The summed E-state index contributed by atoms with van der Waals surface area (Å²) >= 11 is 0. The quantitative estimate of drug-likeness (QED) is 0.684. The van der Waals surface area contributed by atoms with Crippen molar-refractivity contribution in [2.75, 3.05) is 10.2 Å². The first kappa shape index (κ1) is 20.0. The molecule has 0 spiro atoms. The van der Waals surface area contributed by atoms with Gasteiger partial charge in [-0.3, -0.25) is 19.3 Å². The highest BCUT2D eigenvalue weighted by Gasteiger charge is 2.60. The number of rotatable bonds is 4. The Morgan fingerprint density at radius 2 is 1.72 bits per heavy atom. The van der Waals surface area contributed by atoms with Gasteiger partial charge < -0.3 is 10.2 Å². The minimum atomic E-state index is -1.43. The third kappa shape index (κ3) is 3.07. The topological polar surface area (TPSA) is 69.7 Å². The van der Waals surface area contributed by atoms with Crippen molar-refractivity contribution in [2.45, 2.75) is 32.0 Å². The molecule has 3 aromatic rings. The number of hydrogen-bond donors (Lipinski definition) is 1. The molecule has 5 rings (SSSR count). The van der Waals surface area contributed by atoms with Crippen LogP contribution in [0.2, 0.25) is 0 Å². The zero-order valence-electron chi connectivity index (χ0n) is 17.7. The third-order valence-corrected chi connectivity index (χ3v) is 6.20. The van der Waals surface area contributed by atoms with Crippen LogP contribution in [0.25, 0.3) is 0 Å². The average Bonchev–Trinajstić information content (AvgIpc) is 3.16. The molecule has 0 unspecified atom stereocenters. The van der Waals surface area contributed by atoms with E-state index in [1.54, 1.807) is 29.2 Å². The van der Waals surface area contributed by atoms with Gasteiger partial charge in [0, 0.05) is 25.1 Å². The second kappa shape index (κ2) is 7.64. The summed E-state index contributed by atoms with van der Waals surface area (Å²) in [6, 6.07) is 24.0. The fraction of sp³-hybridized carbons (Fsp3) is 0.192. The highest BCUT2D eigenvalue weighted by molar-refractivity contribution is 6.18. The maximum atomic E-state index is 13.9. The molecule has 0 aliphatic carbocycles. The van der Waals surface area contributed by atoms with Crippen LogP contribution < -0.4 is 10.2 Å². The molecule has 2 heterocycles. The van der Waals surface area contributed by atoms with E-state index in [0.29, 0.717) is 16.9 Å². The summed E-state index contributed by atoms with van der Waals surface area (Å²) < 4.78 is 0. The van der Waals surface area contributed by atoms with Gasteiger partial charge in [0.2, 0.25) is 11.6 Å². The Morgan fingerprint density at radius 1 is 0.969 bits per heavy atom. The Balaban J connectivity index is 1.65. The molecule has 1 atom stereocenters. The van der Waals surface area contributed by atoms with Crippen LogP contribution in [0.3, 0.4) is 0 Å². The summed E-state index contributed by atoms with van der Waals surface area (Å²) in [6.45, 7) is 2.17. The number of carbonyl (C=O) groups is 3. The highest BCUT2D eigenvalue weighted by atomic mass is 16.2. The Morgan fingerprint density at radius 3 is 2.50 bits per heavy atom. The molecule has 3 aromatic carbocycles. The van der Waals surface area contributed by atoms with Crippen LogP contribution in [0.15, 0.2) is 78.9 Å². The summed E-state index contributed by atoms with van der Waals surface area (Å²) in [5.41, 5.74) is 2.02. The Kier molecular flexibility index (Phi) is 4.78. The van der Waals surface area contributed by atoms with E-state index in [4.69, 9.17) is 0 Å². The maximum Gasteiger partial charge on any atom is 0.271 e. The Hall–Kier alpha value is -3.93. The van der Waals surface area contributed by atoms with Gasteiger partial charge in [0.15, 0.2) is 0 Å². The molecule has 6 heteroatoms. The zero-order valence-corrected chi connectivity index (χ0v) is 17.7. The lowest BCUT2D eigenvalue weighted by Crippen LogP contribution is -2.69. The standard InChI is InChI=1S/C26H23N3O3/c1-18-8-7-11-20(16-18)27-25(32)26-15-14-23(30)29(26)22-13-6-5-12-21(22)24(31)28(26)17-19-9-3-2-4-10-19/h2-13,16H,14-15,17H2,1H3,(H,27,32)/t26-/m0/s1. The molecule has 0 bridgehead atoms. The molecule has 1 N–H and O–H groups in total. The number of nitrogens with zero attached hydrogens (tertiary/aromatic N) is 2. The molecular weight excluding hydrogens is 402 g/mol. The molecule has 32 heavy (non-hydrogen) atoms. The average molecular weight is 425 g/mol. The minimum absolute atomic E-state index is 0.164. The van der Waals surface area contributed by atoms with Crippen molar-refractivity contribution < 1.29 is 14.4 Å². The second-order valence-electron chi connectivity index (χ2n) is 8.26. The van der Waals surface area contributed by atoms with Crippen LogP contribution in [0.4, 0.5) is 11.4 Å². The molecule has 0 saturated carbocycles. The Labute approximate surface area is 186 Å². The van der Waals surface area contributed by atoms with E-state index >= 15 is 0 Å². The highest BCUT2D eigenvalue weighted by Crippen LogP contribution is 2.45. The van der Waals surface area contributed by atoms with Crippen LogP contribution in [0.1, 0.15) is 34.3 Å². The summed E-state index contributed by atoms with van der Waals surface area (Å²) in [4.78, 5) is 43.8. The number of para-hydroxylation sites is 1. The van der Waals surface area contributed by atoms with Crippen molar-refractivity contribution in [3.05, 3.63) is 95.6 Å². The van der Waals surface area contributed by atoms with Crippen LogP contribution in [0.5, 0.6) is 0 Å². The van der Waals surface area contributed by atoms with Gasteiger partial charge in [0.05, 0.1) is 11.3 Å². The SMILES string of the molecule is Cc1cccc(NC(=O)[C@]23CCC(=O)N2c2ccccc2C(=O)N3Cc2ccccc2)c1. The summed E-state index contributed by atoms with van der Waals surface area (Å²) in [5, 5.41) is 2.98. The maximum absolute atomic E-state index is 13.9. The van der Waals surface area contributed by atoms with Gasteiger partial charge in [0.1, 0.15) is 0 Å². The Bertz CT molecular complexity index is 1220. The number of aryl methyl sites for hydroxylation is 1. The van der Waals surface area contributed by atoms with Crippen LogP contribution in [-0.4, -0.2) is 28.3 Å². The van der Waals surface area contributed by atoms with E-state index in [1.165, 1.54) is 4.90 Å². The van der Waals surface area contributed by atoms with Crippen LogP contribution in [-0.2, 0) is 16.1 Å². The zero-order chi connectivity index (χ0) is 22.3. The van der Waals surface area contributed by atoms with E-state index in [2.05, 4.69) is 5.32 Å². The molecule has 0 aromatic heterocycles. The summed E-state index contributed by atoms with van der Waals surface area (Å²) in [6.07, 6.45) is 0.421. The van der Waals surface area contributed by atoms with Crippen LogP contribution >= 0.6 is 0 Å². The number of benzene rings is 3. The number of anilines is 2. The predicted molar refractivity (Wildman–Crippen MR) is 122 cm³/mol. The number of amides is 3. The van der Waals surface area contributed by atoms with Gasteiger partial charge in [-0.05, 0) is 42.3 Å². The van der Waals surface area contributed by atoms with Gasteiger partial charge in [-0.2, -0.15) is 0 Å². The molecule has 3 amide bonds. The predicted octanol–water partition coefficient (Wildman–Crippen LogP) is 4.11. The molecule has 6 nitrogen and oxygen atoms in total. The van der Waals surface area contributed by atoms with Crippen molar-refractivity contribution in [1.82, 2.24) is 4.90 Å². The molecule has 0 radical (unpaired) electrons.